The Labute approximate surface area is 112 Å². The summed E-state index contributed by atoms with van der Waals surface area (Å²) in [6.07, 6.45) is 0. The van der Waals surface area contributed by atoms with Crippen molar-refractivity contribution in [2.24, 2.45) is 0 Å². The summed E-state index contributed by atoms with van der Waals surface area (Å²) in [5.74, 6) is -2.61. The molecular formula is C13H6Cl2F2O. The molecule has 2 aromatic rings. The van der Waals surface area contributed by atoms with Gasteiger partial charge in [0.1, 0.15) is 0 Å². The van der Waals surface area contributed by atoms with Gasteiger partial charge >= 0.3 is 0 Å². The molecule has 0 amide bonds. The zero-order chi connectivity index (χ0) is 13.3. The minimum absolute atomic E-state index is 0.0121. The van der Waals surface area contributed by atoms with E-state index < -0.39 is 17.4 Å². The van der Waals surface area contributed by atoms with E-state index in [0.717, 1.165) is 12.1 Å². The molecule has 2 aromatic carbocycles. The molecule has 0 aliphatic rings. The third-order valence-electron chi connectivity index (χ3n) is 2.38. The zero-order valence-corrected chi connectivity index (χ0v) is 10.4. The van der Waals surface area contributed by atoms with Crippen LogP contribution in [-0.2, 0) is 0 Å². The molecule has 92 valence electrons. The van der Waals surface area contributed by atoms with Crippen molar-refractivity contribution in [1.29, 1.82) is 0 Å². The van der Waals surface area contributed by atoms with Crippen molar-refractivity contribution >= 4 is 29.0 Å². The molecule has 0 heterocycles. The Balaban J connectivity index is 2.48. The van der Waals surface area contributed by atoms with Crippen LogP contribution < -0.4 is 0 Å². The lowest BCUT2D eigenvalue weighted by Gasteiger charge is -2.05. The first-order chi connectivity index (χ1) is 8.50. The molecule has 0 atom stereocenters. The second kappa shape index (κ2) is 5.04. The maximum Gasteiger partial charge on any atom is 0.194 e. The topological polar surface area (TPSA) is 17.1 Å². The number of rotatable bonds is 2. The quantitative estimate of drug-likeness (QED) is 0.743. The van der Waals surface area contributed by atoms with Gasteiger partial charge in [-0.1, -0.05) is 29.3 Å². The lowest BCUT2D eigenvalue weighted by molar-refractivity contribution is 0.103. The van der Waals surface area contributed by atoms with Gasteiger partial charge in [-0.15, -0.1) is 0 Å². The van der Waals surface area contributed by atoms with Crippen LogP contribution in [-0.4, -0.2) is 5.78 Å². The summed E-state index contributed by atoms with van der Waals surface area (Å²) in [6.45, 7) is 0. The molecule has 0 bridgehead atoms. The summed E-state index contributed by atoms with van der Waals surface area (Å²) in [5, 5.41) is 0.319. The molecule has 0 unspecified atom stereocenters. The number of carbonyl (C=O) groups excluding carboxylic acids is 1. The molecule has 1 nitrogen and oxygen atoms in total. The fourth-order valence-electron chi connectivity index (χ4n) is 1.47. The minimum atomic E-state index is -1.08. The van der Waals surface area contributed by atoms with Gasteiger partial charge in [0.2, 0.25) is 0 Å². The van der Waals surface area contributed by atoms with Crippen molar-refractivity contribution < 1.29 is 13.6 Å². The van der Waals surface area contributed by atoms with E-state index >= 15 is 0 Å². The Morgan fingerprint density at radius 1 is 1.00 bits per heavy atom. The van der Waals surface area contributed by atoms with Crippen molar-refractivity contribution in [3.63, 3.8) is 0 Å². The monoisotopic (exact) mass is 286 g/mol. The molecule has 0 radical (unpaired) electrons. The summed E-state index contributed by atoms with van der Waals surface area (Å²) in [7, 11) is 0. The fraction of sp³-hybridized carbons (Fsp3) is 0. The van der Waals surface area contributed by atoms with Crippen LogP contribution in [0.15, 0.2) is 36.4 Å². The van der Waals surface area contributed by atoms with E-state index in [9.17, 15) is 13.6 Å². The molecule has 18 heavy (non-hydrogen) atoms. The molecule has 0 aliphatic heterocycles. The van der Waals surface area contributed by atoms with E-state index in [4.69, 9.17) is 23.2 Å². The van der Waals surface area contributed by atoms with Gasteiger partial charge in [-0.05, 0) is 30.3 Å². The molecule has 0 saturated heterocycles. The largest absolute Gasteiger partial charge is 0.289 e. The van der Waals surface area contributed by atoms with Crippen LogP contribution in [0.3, 0.4) is 0 Å². The molecule has 2 rings (SSSR count). The number of halogens is 4. The first kappa shape index (κ1) is 13.0. The molecule has 0 aliphatic carbocycles. The average molecular weight is 287 g/mol. The van der Waals surface area contributed by atoms with E-state index in [2.05, 4.69) is 0 Å². The molecular weight excluding hydrogens is 281 g/mol. The highest BCUT2D eigenvalue weighted by atomic mass is 35.5. The van der Waals surface area contributed by atoms with Crippen molar-refractivity contribution in [2.45, 2.75) is 0 Å². The Morgan fingerprint density at radius 3 is 2.39 bits per heavy atom. The summed E-state index contributed by atoms with van der Waals surface area (Å²) in [4.78, 5) is 12.1. The number of hydrogen-bond donors (Lipinski definition) is 0. The lowest BCUT2D eigenvalue weighted by atomic mass is 10.0. The van der Waals surface area contributed by atoms with Crippen LogP contribution in [0.2, 0.25) is 10.0 Å². The first-order valence-corrected chi connectivity index (χ1v) is 5.70. The van der Waals surface area contributed by atoms with Crippen molar-refractivity contribution in [1.82, 2.24) is 0 Å². The van der Waals surface area contributed by atoms with E-state index in [1.165, 1.54) is 18.2 Å². The Kier molecular flexibility index (Phi) is 3.64. The third kappa shape index (κ3) is 2.37. The molecule has 0 N–H and O–H groups in total. The van der Waals surface area contributed by atoms with Gasteiger partial charge in [0, 0.05) is 11.1 Å². The van der Waals surface area contributed by atoms with Crippen molar-refractivity contribution in [2.75, 3.05) is 0 Å². The predicted octanol–water partition coefficient (Wildman–Crippen LogP) is 4.50. The van der Waals surface area contributed by atoms with Gasteiger partial charge in [0.15, 0.2) is 17.4 Å². The van der Waals surface area contributed by atoms with Crippen LogP contribution in [0, 0.1) is 11.6 Å². The smallest absolute Gasteiger partial charge is 0.194 e. The van der Waals surface area contributed by atoms with Gasteiger partial charge in [0.25, 0.3) is 0 Å². The van der Waals surface area contributed by atoms with Crippen LogP contribution in [0.25, 0.3) is 0 Å². The number of carbonyl (C=O) groups is 1. The lowest BCUT2D eigenvalue weighted by Crippen LogP contribution is -2.03. The highest BCUT2D eigenvalue weighted by molar-refractivity contribution is 6.44. The van der Waals surface area contributed by atoms with Crippen LogP contribution in [0.5, 0.6) is 0 Å². The summed E-state index contributed by atoms with van der Waals surface area (Å²) < 4.78 is 25.8. The number of hydrogen-bond acceptors (Lipinski definition) is 1. The van der Waals surface area contributed by atoms with Crippen LogP contribution in [0.1, 0.15) is 15.9 Å². The van der Waals surface area contributed by atoms with Gasteiger partial charge in [-0.3, -0.25) is 4.79 Å². The normalized spacial score (nSPS) is 10.4. The molecule has 5 heteroatoms. The maximum atomic E-state index is 13.0. The second-order valence-corrected chi connectivity index (χ2v) is 4.34. The predicted molar refractivity (Wildman–Crippen MR) is 66.3 cm³/mol. The first-order valence-electron chi connectivity index (χ1n) is 4.94. The van der Waals surface area contributed by atoms with Crippen molar-refractivity contribution in [3.05, 3.63) is 69.2 Å². The second-order valence-electron chi connectivity index (χ2n) is 3.56. The molecule has 0 fully saturated rings. The van der Waals surface area contributed by atoms with Gasteiger partial charge in [-0.2, -0.15) is 0 Å². The summed E-state index contributed by atoms with van der Waals surface area (Å²) >= 11 is 11.7. The van der Waals surface area contributed by atoms with E-state index in [0.29, 0.717) is 0 Å². The van der Waals surface area contributed by atoms with Gasteiger partial charge in [0.05, 0.1) is 10.0 Å². The fourth-order valence-corrected chi connectivity index (χ4v) is 1.86. The third-order valence-corrected chi connectivity index (χ3v) is 3.20. The molecule has 0 spiro atoms. The SMILES string of the molecule is O=C(c1ccc(F)c(F)c1)c1cccc(Cl)c1Cl. The van der Waals surface area contributed by atoms with E-state index in [1.54, 1.807) is 6.07 Å². The Hall–Kier alpha value is -1.45. The average Bonchev–Trinajstić information content (AvgIpc) is 2.35. The van der Waals surface area contributed by atoms with Gasteiger partial charge < -0.3 is 0 Å². The van der Waals surface area contributed by atoms with Crippen LogP contribution in [0.4, 0.5) is 8.78 Å². The number of benzene rings is 2. The van der Waals surface area contributed by atoms with Gasteiger partial charge in [-0.25, -0.2) is 8.78 Å². The van der Waals surface area contributed by atoms with Crippen molar-refractivity contribution in [3.8, 4) is 0 Å². The Bertz CT molecular complexity index is 626. The zero-order valence-electron chi connectivity index (χ0n) is 8.88. The summed E-state index contributed by atoms with van der Waals surface area (Å²) in [5.41, 5.74) is 0.160. The Morgan fingerprint density at radius 2 is 1.72 bits per heavy atom. The van der Waals surface area contributed by atoms with Crippen LogP contribution >= 0.6 is 23.2 Å². The maximum absolute atomic E-state index is 13.0. The minimum Gasteiger partial charge on any atom is -0.289 e. The summed E-state index contributed by atoms with van der Waals surface area (Å²) in [6, 6.07) is 7.47. The standard InChI is InChI=1S/C13H6Cl2F2O/c14-9-3-1-2-8(12(9)15)13(18)7-4-5-10(16)11(17)6-7/h1-6H. The van der Waals surface area contributed by atoms with E-state index in [1.807, 2.05) is 0 Å². The highest BCUT2D eigenvalue weighted by Gasteiger charge is 2.16. The highest BCUT2D eigenvalue weighted by Crippen LogP contribution is 2.27. The van der Waals surface area contributed by atoms with E-state index in [-0.39, 0.29) is 21.2 Å². The molecule has 0 saturated carbocycles. The number of ketones is 1. The molecule has 0 aromatic heterocycles.